The molecule has 1 aliphatic rings. The van der Waals surface area contributed by atoms with E-state index in [0.29, 0.717) is 22.3 Å². The number of aliphatic imine (C=N–C) groups is 1. The van der Waals surface area contributed by atoms with Gasteiger partial charge in [-0.15, -0.1) is 11.8 Å². The first-order valence-corrected chi connectivity index (χ1v) is 9.99. The number of pyridine rings is 1. The molecule has 3 aromatic rings. The average molecular weight is 410 g/mol. The van der Waals surface area contributed by atoms with Gasteiger partial charge in [0, 0.05) is 29.5 Å². The molecule has 1 aliphatic heterocycles. The Bertz CT molecular complexity index is 1020. The summed E-state index contributed by atoms with van der Waals surface area (Å²) in [5.74, 6) is 1.62. The number of nitrogens with one attached hydrogen (secondary N) is 1. The molecule has 4 rings (SSSR count). The Kier molecular flexibility index (Phi) is 5.60. The molecule has 0 saturated heterocycles. The van der Waals surface area contributed by atoms with Crippen LogP contribution < -0.4 is 10.1 Å². The zero-order valence-corrected chi connectivity index (χ0v) is 16.3. The fourth-order valence-corrected chi connectivity index (χ4v) is 3.66. The topological polar surface area (TPSA) is 63.6 Å². The van der Waals surface area contributed by atoms with Gasteiger partial charge in [-0.05, 0) is 54.1 Å². The van der Waals surface area contributed by atoms with E-state index in [1.165, 1.54) is 11.8 Å². The summed E-state index contributed by atoms with van der Waals surface area (Å²) in [4.78, 5) is 20.7. The fourth-order valence-electron chi connectivity index (χ4n) is 2.71. The van der Waals surface area contributed by atoms with Crippen LogP contribution in [0.3, 0.4) is 0 Å². The highest BCUT2D eigenvalue weighted by molar-refractivity contribution is 8.14. The van der Waals surface area contributed by atoms with Crippen molar-refractivity contribution in [3.63, 3.8) is 0 Å². The SMILES string of the molecule is O=C(CSC1=Nc2cc(Cl)ccc2C1)Nc1ccc(Oc2ccncc2)cc1. The lowest BCUT2D eigenvalue weighted by Gasteiger charge is -2.08. The summed E-state index contributed by atoms with van der Waals surface area (Å²) in [6.45, 7) is 0. The van der Waals surface area contributed by atoms with E-state index in [1.54, 1.807) is 24.5 Å². The van der Waals surface area contributed by atoms with Crippen LogP contribution in [0.1, 0.15) is 5.56 Å². The van der Waals surface area contributed by atoms with Crippen molar-refractivity contribution < 1.29 is 9.53 Å². The number of rotatable bonds is 5. The van der Waals surface area contributed by atoms with Gasteiger partial charge < -0.3 is 10.1 Å². The molecular formula is C21H16ClN3O2S. The van der Waals surface area contributed by atoms with Gasteiger partial charge in [-0.3, -0.25) is 9.78 Å². The minimum absolute atomic E-state index is 0.0792. The van der Waals surface area contributed by atoms with Crippen LogP contribution in [-0.2, 0) is 11.2 Å². The van der Waals surface area contributed by atoms with Crippen molar-refractivity contribution in [2.24, 2.45) is 4.99 Å². The van der Waals surface area contributed by atoms with E-state index >= 15 is 0 Å². The third-order valence-electron chi connectivity index (χ3n) is 4.03. The molecule has 0 fully saturated rings. The maximum absolute atomic E-state index is 12.2. The Labute approximate surface area is 171 Å². The zero-order valence-electron chi connectivity index (χ0n) is 14.8. The fraction of sp³-hybridized carbons (Fsp3) is 0.0952. The minimum Gasteiger partial charge on any atom is -0.457 e. The van der Waals surface area contributed by atoms with Gasteiger partial charge in [0.15, 0.2) is 0 Å². The van der Waals surface area contributed by atoms with Crippen molar-refractivity contribution in [2.45, 2.75) is 6.42 Å². The number of anilines is 1. The molecule has 1 N–H and O–H groups in total. The van der Waals surface area contributed by atoms with Gasteiger partial charge in [-0.2, -0.15) is 0 Å². The molecule has 28 heavy (non-hydrogen) atoms. The van der Waals surface area contributed by atoms with Crippen LogP contribution in [0, 0.1) is 0 Å². The number of carbonyl (C=O) groups is 1. The molecule has 2 heterocycles. The molecule has 0 spiro atoms. The molecule has 0 unspecified atom stereocenters. The smallest absolute Gasteiger partial charge is 0.234 e. The van der Waals surface area contributed by atoms with Crippen LogP contribution in [-0.4, -0.2) is 21.7 Å². The highest BCUT2D eigenvalue weighted by Gasteiger charge is 2.16. The lowest BCUT2D eigenvalue weighted by molar-refractivity contribution is -0.113. The highest BCUT2D eigenvalue weighted by atomic mass is 35.5. The van der Waals surface area contributed by atoms with Gasteiger partial charge in [0.05, 0.1) is 16.5 Å². The van der Waals surface area contributed by atoms with E-state index < -0.39 is 0 Å². The zero-order chi connectivity index (χ0) is 19.3. The first-order valence-electron chi connectivity index (χ1n) is 8.62. The van der Waals surface area contributed by atoms with Crippen LogP contribution in [0.15, 0.2) is 72.0 Å². The molecule has 7 heteroatoms. The molecule has 1 amide bonds. The number of halogens is 1. The second-order valence-corrected chi connectivity index (χ2v) is 7.59. The van der Waals surface area contributed by atoms with E-state index in [-0.39, 0.29) is 5.91 Å². The molecule has 2 aromatic carbocycles. The predicted octanol–water partition coefficient (Wildman–Crippen LogP) is 5.49. The van der Waals surface area contributed by atoms with E-state index in [0.717, 1.165) is 28.4 Å². The third kappa shape index (κ3) is 4.71. The second-order valence-electron chi connectivity index (χ2n) is 6.10. The summed E-state index contributed by atoms with van der Waals surface area (Å²) in [5, 5.41) is 4.48. The lowest BCUT2D eigenvalue weighted by Crippen LogP contribution is -2.15. The Morgan fingerprint density at radius 3 is 2.61 bits per heavy atom. The number of thioether (sulfide) groups is 1. The lowest BCUT2D eigenvalue weighted by atomic mass is 10.2. The largest absolute Gasteiger partial charge is 0.457 e. The van der Waals surface area contributed by atoms with Crippen molar-refractivity contribution in [3.8, 4) is 11.5 Å². The number of nitrogens with zero attached hydrogens (tertiary/aromatic N) is 2. The second kappa shape index (κ2) is 8.46. The number of carbonyl (C=O) groups excluding carboxylic acids is 1. The molecule has 0 saturated carbocycles. The van der Waals surface area contributed by atoms with Gasteiger partial charge >= 0.3 is 0 Å². The van der Waals surface area contributed by atoms with E-state index in [2.05, 4.69) is 15.3 Å². The summed E-state index contributed by atoms with van der Waals surface area (Å²) < 4.78 is 5.71. The predicted molar refractivity (Wildman–Crippen MR) is 114 cm³/mol. The van der Waals surface area contributed by atoms with Crippen LogP contribution in [0.4, 0.5) is 11.4 Å². The number of amides is 1. The summed E-state index contributed by atoms with van der Waals surface area (Å²) in [7, 11) is 0. The number of aromatic nitrogens is 1. The molecule has 0 aliphatic carbocycles. The molecule has 1 aromatic heterocycles. The Morgan fingerprint density at radius 2 is 1.82 bits per heavy atom. The summed E-state index contributed by atoms with van der Waals surface area (Å²) >= 11 is 7.44. The number of ether oxygens (including phenoxy) is 1. The maximum Gasteiger partial charge on any atom is 0.234 e. The Morgan fingerprint density at radius 1 is 1.07 bits per heavy atom. The third-order valence-corrected chi connectivity index (χ3v) is 5.24. The van der Waals surface area contributed by atoms with Crippen molar-refractivity contribution in [3.05, 3.63) is 77.6 Å². The summed E-state index contributed by atoms with van der Waals surface area (Å²) in [6, 6.07) is 16.5. The highest BCUT2D eigenvalue weighted by Crippen LogP contribution is 2.32. The normalized spacial score (nSPS) is 12.2. The minimum atomic E-state index is -0.0792. The van der Waals surface area contributed by atoms with Crippen molar-refractivity contribution >= 4 is 45.7 Å². The van der Waals surface area contributed by atoms with Crippen molar-refractivity contribution in [1.82, 2.24) is 4.98 Å². The monoisotopic (exact) mass is 409 g/mol. The molecule has 0 bridgehead atoms. The number of benzene rings is 2. The van der Waals surface area contributed by atoms with Crippen LogP contribution in [0.2, 0.25) is 5.02 Å². The van der Waals surface area contributed by atoms with Crippen LogP contribution >= 0.6 is 23.4 Å². The van der Waals surface area contributed by atoms with E-state index in [1.807, 2.05) is 42.5 Å². The molecule has 0 atom stereocenters. The average Bonchev–Trinajstić information content (AvgIpc) is 3.11. The van der Waals surface area contributed by atoms with Crippen molar-refractivity contribution in [1.29, 1.82) is 0 Å². The number of hydrogen-bond donors (Lipinski definition) is 1. The molecule has 140 valence electrons. The Balaban J connectivity index is 1.28. The first-order chi connectivity index (χ1) is 13.7. The van der Waals surface area contributed by atoms with Crippen LogP contribution in [0.5, 0.6) is 11.5 Å². The van der Waals surface area contributed by atoms with Crippen molar-refractivity contribution in [2.75, 3.05) is 11.1 Å². The van der Waals surface area contributed by atoms with Crippen LogP contribution in [0.25, 0.3) is 0 Å². The Hall–Kier alpha value is -2.83. The van der Waals surface area contributed by atoms with E-state index in [4.69, 9.17) is 16.3 Å². The summed E-state index contributed by atoms with van der Waals surface area (Å²) in [5.41, 5.74) is 2.74. The number of fused-ring (bicyclic) bond motifs is 1. The molecule has 5 nitrogen and oxygen atoms in total. The van der Waals surface area contributed by atoms with Gasteiger partial charge in [0.1, 0.15) is 11.5 Å². The molecule has 0 radical (unpaired) electrons. The summed E-state index contributed by atoms with van der Waals surface area (Å²) in [6.07, 6.45) is 4.08. The quantitative estimate of drug-likeness (QED) is 0.605. The van der Waals surface area contributed by atoms with E-state index in [9.17, 15) is 4.79 Å². The maximum atomic E-state index is 12.2. The van der Waals surface area contributed by atoms with Gasteiger partial charge in [0.2, 0.25) is 5.91 Å². The van der Waals surface area contributed by atoms with Gasteiger partial charge in [-0.25, -0.2) is 4.99 Å². The van der Waals surface area contributed by atoms with Gasteiger partial charge in [0.25, 0.3) is 0 Å². The number of hydrogen-bond acceptors (Lipinski definition) is 5. The first kappa shape index (κ1) is 18.5. The van der Waals surface area contributed by atoms with Gasteiger partial charge in [-0.1, -0.05) is 17.7 Å². The standard InChI is InChI=1S/C21H16ClN3O2S/c22-15-2-1-14-11-21(25-19(14)12-15)28-13-20(26)24-16-3-5-17(6-4-16)27-18-7-9-23-10-8-18/h1-10,12H,11,13H2,(H,24,26). The molecular weight excluding hydrogens is 394 g/mol.